The molecule has 0 saturated heterocycles. The second-order valence-corrected chi connectivity index (χ2v) is 5.09. The molecule has 21 heavy (non-hydrogen) atoms. The monoisotopic (exact) mass is 284 g/mol. The zero-order valence-corrected chi connectivity index (χ0v) is 12.7. The molecule has 0 spiro atoms. The molecular formula is C17H20N2O2. The Hall–Kier alpha value is -2.23. The average molecular weight is 284 g/mol. The number of carbonyl (C=O) groups excluding carboxylic acids is 1. The molecule has 1 heterocycles. The van der Waals surface area contributed by atoms with Gasteiger partial charge in [-0.1, -0.05) is 6.07 Å². The molecule has 2 aromatic rings. The minimum Gasteiger partial charge on any atom is -0.496 e. The minimum absolute atomic E-state index is 0.216. The van der Waals surface area contributed by atoms with Gasteiger partial charge in [-0.2, -0.15) is 0 Å². The third kappa shape index (κ3) is 3.88. The van der Waals surface area contributed by atoms with Crippen LogP contribution in [0.1, 0.15) is 28.8 Å². The molecule has 2 rings (SSSR count). The lowest BCUT2D eigenvalue weighted by atomic mass is 9.97. The zero-order chi connectivity index (χ0) is 15.2. The first-order valence-corrected chi connectivity index (χ1v) is 7.01. The summed E-state index contributed by atoms with van der Waals surface area (Å²) < 4.78 is 5.29. The molecule has 0 saturated carbocycles. The molecule has 0 bridgehead atoms. The summed E-state index contributed by atoms with van der Waals surface area (Å²) >= 11 is 0. The van der Waals surface area contributed by atoms with Gasteiger partial charge in [-0.05, 0) is 43.0 Å². The number of methoxy groups -OCH3 is 1. The highest BCUT2D eigenvalue weighted by Gasteiger charge is 2.11. The topological polar surface area (TPSA) is 52.1 Å². The largest absolute Gasteiger partial charge is 0.496 e. The summed E-state index contributed by atoms with van der Waals surface area (Å²) in [4.78, 5) is 20.3. The lowest BCUT2D eigenvalue weighted by Crippen LogP contribution is -2.07. The normalized spacial score (nSPS) is 10.4. The van der Waals surface area contributed by atoms with Crippen LogP contribution in [0.5, 0.6) is 5.75 Å². The molecule has 0 fully saturated rings. The summed E-state index contributed by atoms with van der Waals surface area (Å²) in [6.07, 6.45) is 6.57. The number of ether oxygens (including phenoxy) is 1. The van der Waals surface area contributed by atoms with Gasteiger partial charge < -0.3 is 4.74 Å². The van der Waals surface area contributed by atoms with Gasteiger partial charge in [0.15, 0.2) is 0 Å². The Labute approximate surface area is 125 Å². The van der Waals surface area contributed by atoms with Crippen LogP contribution < -0.4 is 4.74 Å². The highest BCUT2D eigenvalue weighted by Crippen LogP contribution is 2.24. The number of carbonyl (C=O) groups is 1. The maximum Gasteiger partial charge on any atom is 0.137 e. The van der Waals surface area contributed by atoms with Crippen LogP contribution in [0.4, 0.5) is 0 Å². The van der Waals surface area contributed by atoms with Crippen molar-refractivity contribution in [1.29, 1.82) is 0 Å². The zero-order valence-electron chi connectivity index (χ0n) is 12.7. The van der Waals surface area contributed by atoms with Crippen LogP contribution in [0.15, 0.2) is 30.7 Å². The van der Waals surface area contributed by atoms with Gasteiger partial charge in [0.2, 0.25) is 0 Å². The molecule has 0 unspecified atom stereocenters. The van der Waals surface area contributed by atoms with Crippen molar-refractivity contribution in [2.75, 3.05) is 7.11 Å². The summed E-state index contributed by atoms with van der Waals surface area (Å²) in [6.45, 7) is 4.05. The number of ketones is 1. The summed E-state index contributed by atoms with van der Waals surface area (Å²) in [6, 6.07) is 3.90. The van der Waals surface area contributed by atoms with Crippen molar-refractivity contribution in [1.82, 2.24) is 9.97 Å². The number of nitrogens with zero attached hydrogens (tertiary/aromatic N) is 2. The minimum atomic E-state index is 0.216. The van der Waals surface area contributed by atoms with Gasteiger partial charge in [0, 0.05) is 31.4 Å². The van der Waals surface area contributed by atoms with Crippen LogP contribution in [0.3, 0.4) is 0 Å². The fraction of sp³-hybridized carbons (Fsp3) is 0.353. The Morgan fingerprint density at radius 3 is 2.67 bits per heavy atom. The predicted octanol–water partition coefficient (Wildman–Crippen LogP) is 2.85. The van der Waals surface area contributed by atoms with E-state index in [1.165, 1.54) is 0 Å². The van der Waals surface area contributed by atoms with E-state index >= 15 is 0 Å². The molecule has 0 aliphatic rings. The maximum atomic E-state index is 12.1. The fourth-order valence-corrected chi connectivity index (χ4v) is 2.29. The number of aromatic nitrogens is 2. The van der Waals surface area contributed by atoms with Crippen molar-refractivity contribution >= 4 is 5.78 Å². The summed E-state index contributed by atoms with van der Waals surface area (Å²) in [5.41, 5.74) is 4.14. The van der Waals surface area contributed by atoms with E-state index in [4.69, 9.17) is 4.74 Å². The Kier molecular flexibility index (Phi) is 5.04. The van der Waals surface area contributed by atoms with Crippen LogP contribution in [-0.4, -0.2) is 22.9 Å². The van der Waals surface area contributed by atoms with Crippen LogP contribution in [0, 0.1) is 13.8 Å². The van der Waals surface area contributed by atoms with Gasteiger partial charge in [-0.3, -0.25) is 14.8 Å². The van der Waals surface area contributed by atoms with Gasteiger partial charge in [-0.15, -0.1) is 0 Å². The van der Waals surface area contributed by atoms with E-state index in [2.05, 4.69) is 9.97 Å². The number of aryl methyl sites for hydroxylation is 1. The molecule has 4 heteroatoms. The molecule has 0 aliphatic carbocycles. The number of Topliss-reactive ketones (excluding diaryl/α,β-unsaturated/α-hetero) is 1. The summed E-state index contributed by atoms with van der Waals surface area (Å²) in [5.74, 6) is 1.08. The van der Waals surface area contributed by atoms with E-state index in [0.29, 0.717) is 19.3 Å². The highest BCUT2D eigenvalue weighted by atomic mass is 16.5. The molecule has 0 atom stereocenters. The summed E-state index contributed by atoms with van der Waals surface area (Å²) in [7, 11) is 1.66. The van der Waals surface area contributed by atoms with E-state index in [1.54, 1.807) is 25.7 Å². The van der Waals surface area contributed by atoms with Crippen LogP contribution in [0.25, 0.3) is 0 Å². The third-order valence-electron chi connectivity index (χ3n) is 3.73. The van der Waals surface area contributed by atoms with Gasteiger partial charge in [0.25, 0.3) is 0 Å². The number of hydrogen-bond donors (Lipinski definition) is 0. The molecule has 4 nitrogen and oxygen atoms in total. The van der Waals surface area contributed by atoms with Crippen molar-refractivity contribution in [3.63, 3.8) is 0 Å². The van der Waals surface area contributed by atoms with Crippen molar-refractivity contribution in [3.8, 4) is 5.75 Å². The summed E-state index contributed by atoms with van der Waals surface area (Å²) in [5, 5.41) is 0. The van der Waals surface area contributed by atoms with E-state index in [-0.39, 0.29) is 5.78 Å². The molecule has 0 N–H and O–H groups in total. The van der Waals surface area contributed by atoms with Crippen LogP contribution in [0.2, 0.25) is 0 Å². The van der Waals surface area contributed by atoms with Crippen molar-refractivity contribution in [3.05, 3.63) is 53.1 Å². The predicted molar refractivity (Wildman–Crippen MR) is 81.5 cm³/mol. The van der Waals surface area contributed by atoms with E-state index in [9.17, 15) is 4.79 Å². The second-order valence-electron chi connectivity index (χ2n) is 5.09. The number of benzene rings is 1. The highest BCUT2D eigenvalue weighted by molar-refractivity contribution is 5.81. The standard InChI is InChI=1S/C17H20N2O2/c1-12-13(2)17(21-3)7-4-14(12)10-16(20)6-5-15-11-18-8-9-19-15/h4,7-9,11H,5-6,10H2,1-3H3. The fourth-order valence-electron chi connectivity index (χ4n) is 2.29. The Balaban J connectivity index is 1.98. The average Bonchev–Trinajstić information content (AvgIpc) is 2.51. The first-order valence-electron chi connectivity index (χ1n) is 7.01. The van der Waals surface area contributed by atoms with Crippen molar-refractivity contribution < 1.29 is 9.53 Å². The third-order valence-corrected chi connectivity index (χ3v) is 3.73. The molecule has 0 aliphatic heterocycles. The molecule has 110 valence electrons. The Morgan fingerprint density at radius 1 is 1.19 bits per heavy atom. The maximum absolute atomic E-state index is 12.1. The second kappa shape index (κ2) is 6.97. The van der Waals surface area contributed by atoms with Gasteiger partial charge in [0.05, 0.1) is 12.8 Å². The Bertz CT molecular complexity index is 624. The van der Waals surface area contributed by atoms with E-state index in [0.717, 1.165) is 28.1 Å². The number of hydrogen-bond acceptors (Lipinski definition) is 4. The van der Waals surface area contributed by atoms with Crippen LogP contribution >= 0.6 is 0 Å². The van der Waals surface area contributed by atoms with Gasteiger partial charge >= 0.3 is 0 Å². The van der Waals surface area contributed by atoms with Crippen molar-refractivity contribution in [2.45, 2.75) is 33.1 Å². The smallest absolute Gasteiger partial charge is 0.137 e. The van der Waals surface area contributed by atoms with E-state index < -0.39 is 0 Å². The Morgan fingerprint density at radius 2 is 2.00 bits per heavy atom. The first kappa shape index (κ1) is 15.2. The molecule has 1 aromatic heterocycles. The van der Waals surface area contributed by atoms with Gasteiger partial charge in [0.1, 0.15) is 11.5 Å². The lowest BCUT2D eigenvalue weighted by Gasteiger charge is -2.12. The van der Waals surface area contributed by atoms with E-state index in [1.807, 2.05) is 26.0 Å². The SMILES string of the molecule is COc1ccc(CC(=O)CCc2cnccn2)c(C)c1C. The lowest BCUT2D eigenvalue weighted by molar-refractivity contribution is -0.118. The first-order chi connectivity index (χ1) is 10.1. The molecule has 0 radical (unpaired) electrons. The molecular weight excluding hydrogens is 264 g/mol. The quantitative estimate of drug-likeness (QED) is 0.818. The van der Waals surface area contributed by atoms with Crippen LogP contribution in [-0.2, 0) is 17.6 Å². The molecule has 1 aromatic carbocycles. The molecule has 0 amide bonds. The van der Waals surface area contributed by atoms with Gasteiger partial charge in [-0.25, -0.2) is 0 Å². The number of rotatable bonds is 6. The van der Waals surface area contributed by atoms with Crippen molar-refractivity contribution in [2.24, 2.45) is 0 Å².